The molecule has 3 nitrogen and oxygen atoms in total. The van der Waals surface area contributed by atoms with Crippen LogP contribution in [-0.2, 0) is 10.1 Å². The lowest BCUT2D eigenvalue weighted by Crippen LogP contribution is -1.89. The first-order valence-corrected chi connectivity index (χ1v) is 2.77. The van der Waals surface area contributed by atoms with Crippen LogP contribution in [0.3, 0.4) is 0 Å². The van der Waals surface area contributed by atoms with Crippen molar-refractivity contribution < 1.29 is 15.3 Å². The first-order valence-electron chi connectivity index (χ1n) is 2.77. The zero-order valence-electron chi connectivity index (χ0n) is 4.80. The van der Waals surface area contributed by atoms with E-state index in [2.05, 4.69) is 4.89 Å². The quantitative estimate of drug-likeness (QED) is 0.325. The van der Waals surface area contributed by atoms with E-state index in [1.807, 2.05) is 0 Å². The van der Waals surface area contributed by atoms with Gasteiger partial charge in [0.15, 0.2) is 0 Å². The first kappa shape index (κ1) is 7.88. The fourth-order valence-corrected chi connectivity index (χ4v) is 0.450. The minimum Gasteiger partial charge on any atom is -0.396 e. The monoisotopic (exact) mass is 119 g/mol. The van der Waals surface area contributed by atoms with Gasteiger partial charge in [-0.25, -0.2) is 4.89 Å². The van der Waals surface area contributed by atoms with Gasteiger partial charge in [0, 0.05) is 6.61 Å². The van der Waals surface area contributed by atoms with Crippen LogP contribution >= 0.6 is 0 Å². The Hall–Kier alpha value is -0.120. The third-order valence-electron chi connectivity index (χ3n) is 0.886. The molecule has 0 aliphatic rings. The highest BCUT2D eigenvalue weighted by atomic mass is 17.1. The maximum Gasteiger partial charge on any atom is 0.0855 e. The van der Waals surface area contributed by atoms with Crippen molar-refractivity contribution in [3.8, 4) is 0 Å². The summed E-state index contributed by atoms with van der Waals surface area (Å²) in [5.41, 5.74) is 0. The summed E-state index contributed by atoms with van der Waals surface area (Å²) in [6.07, 6.45) is 2.40. The third kappa shape index (κ3) is 5.88. The molecule has 0 aromatic heterocycles. The molecule has 8 heavy (non-hydrogen) atoms. The van der Waals surface area contributed by atoms with E-state index < -0.39 is 0 Å². The lowest BCUT2D eigenvalue weighted by atomic mass is 10.2. The van der Waals surface area contributed by atoms with Crippen LogP contribution in [-0.4, -0.2) is 18.3 Å². The third-order valence-corrected chi connectivity index (χ3v) is 0.886. The van der Waals surface area contributed by atoms with Crippen molar-refractivity contribution >= 4 is 0 Å². The summed E-state index contributed by atoms with van der Waals surface area (Å²) in [5, 5.41) is 17.6. The van der Waals surface area contributed by atoms with Gasteiger partial charge in [0.1, 0.15) is 0 Å². The molecule has 0 aromatic carbocycles. The molecule has 0 rings (SSSR count). The van der Waals surface area contributed by atoms with E-state index in [-0.39, 0.29) is 13.2 Å². The Morgan fingerprint density at radius 3 is 2.50 bits per heavy atom. The molecule has 0 bridgehead atoms. The average Bonchev–Trinajstić information content (AvgIpc) is 1.81. The molecule has 0 spiro atoms. The molecule has 0 heterocycles. The van der Waals surface area contributed by atoms with Gasteiger partial charge in [0.05, 0.1) is 6.61 Å². The maximum absolute atomic E-state index is 9.33. The van der Waals surface area contributed by atoms with Crippen molar-refractivity contribution in [3.05, 3.63) is 0 Å². The van der Waals surface area contributed by atoms with E-state index in [0.29, 0.717) is 0 Å². The molecular formula is C5H11O3. The highest BCUT2D eigenvalue weighted by Gasteiger charge is 1.85. The molecule has 1 radical (unpaired) electrons. The SMILES string of the molecule is [O]OCCCCCO. The molecule has 1 N–H and O–H groups in total. The fraction of sp³-hybridized carbons (Fsp3) is 1.00. The lowest BCUT2D eigenvalue weighted by molar-refractivity contribution is -0.303. The number of hydrogen-bond acceptors (Lipinski definition) is 2. The standard InChI is InChI=1S/C5H11O3/c6-4-2-1-3-5-8-7/h6H,1-5H2. The molecule has 0 amide bonds. The van der Waals surface area contributed by atoms with Crippen molar-refractivity contribution in [3.63, 3.8) is 0 Å². The largest absolute Gasteiger partial charge is 0.396 e. The van der Waals surface area contributed by atoms with Crippen molar-refractivity contribution in [2.75, 3.05) is 13.2 Å². The summed E-state index contributed by atoms with van der Waals surface area (Å²) in [6, 6.07) is 0. The Kier molecular flexibility index (Phi) is 6.78. The molecule has 0 atom stereocenters. The van der Waals surface area contributed by atoms with Gasteiger partial charge in [-0.3, -0.25) is 0 Å². The second kappa shape index (κ2) is 6.88. The Morgan fingerprint density at radius 2 is 2.00 bits per heavy atom. The summed E-state index contributed by atoms with van der Waals surface area (Å²) in [7, 11) is 0. The first-order chi connectivity index (χ1) is 3.91. The van der Waals surface area contributed by atoms with Crippen LogP contribution in [0.15, 0.2) is 0 Å². The topological polar surface area (TPSA) is 49.4 Å². The molecule has 0 aromatic rings. The number of aliphatic hydroxyl groups excluding tert-OH is 1. The minimum atomic E-state index is 0.207. The van der Waals surface area contributed by atoms with Crippen LogP contribution in [0.5, 0.6) is 0 Å². The van der Waals surface area contributed by atoms with Crippen LogP contribution in [0.2, 0.25) is 0 Å². The van der Waals surface area contributed by atoms with Gasteiger partial charge in [-0.15, -0.1) is 0 Å². The summed E-state index contributed by atoms with van der Waals surface area (Å²) in [4.78, 5) is 3.56. The van der Waals surface area contributed by atoms with Gasteiger partial charge in [0.25, 0.3) is 0 Å². The predicted molar refractivity (Wildman–Crippen MR) is 27.6 cm³/mol. The molecule has 0 aliphatic carbocycles. The molecule has 0 unspecified atom stereocenters. The molecule has 0 saturated carbocycles. The van der Waals surface area contributed by atoms with Crippen molar-refractivity contribution in [1.82, 2.24) is 0 Å². The maximum atomic E-state index is 9.33. The van der Waals surface area contributed by atoms with E-state index in [0.717, 1.165) is 19.3 Å². The number of unbranched alkanes of at least 4 members (excludes halogenated alkanes) is 2. The number of rotatable bonds is 5. The van der Waals surface area contributed by atoms with Crippen LogP contribution in [0.25, 0.3) is 0 Å². The van der Waals surface area contributed by atoms with Gasteiger partial charge in [-0.1, -0.05) is 0 Å². The number of aliphatic hydroxyl groups is 1. The van der Waals surface area contributed by atoms with Crippen LogP contribution in [0.4, 0.5) is 0 Å². The van der Waals surface area contributed by atoms with E-state index >= 15 is 0 Å². The molecule has 3 heteroatoms. The normalized spacial score (nSPS) is 9.75. The smallest absolute Gasteiger partial charge is 0.0855 e. The van der Waals surface area contributed by atoms with E-state index in [4.69, 9.17) is 5.11 Å². The zero-order valence-corrected chi connectivity index (χ0v) is 4.80. The Labute approximate surface area is 48.8 Å². The van der Waals surface area contributed by atoms with E-state index in [1.54, 1.807) is 0 Å². The average molecular weight is 119 g/mol. The predicted octanol–water partition coefficient (Wildman–Crippen LogP) is 0.511. The van der Waals surface area contributed by atoms with Gasteiger partial charge < -0.3 is 5.11 Å². The number of hydrogen-bond donors (Lipinski definition) is 1. The minimum absolute atomic E-state index is 0.207. The Morgan fingerprint density at radius 1 is 1.25 bits per heavy atom. The fourth-order valence-electron chi connectivity index (χ4n) is 0.450. The Bertz CT molecular complexity index is 32.7. The van der Waals surface area contributed by atoms with Gasteiger partial charge >= 0.3 is 0 Å². The van der Waals surface area contributed by atoms with Gasteiger partial charge in [0.2, 0.25) is 0 Å². The summed E-state index contributed by atoms with van der Waals surface area (Å²) >= 11 is 0. The molecule has 49 valence electrons. The van der Waals surface area contributed by atoms with E-state index in [1.165, 1.54) is 0 Å². The molecular weight excluding hydrogens is 108 g/mol. The van der Waals surface area contributed by atoms with Gasteiger partial charge in [-0.05, 0) is 24.5 Å². The highest BCUT2D eigenvalue weighted by Crippen LogP contribution is 1.92. The second-order valence-corrected chi connectivity index (χ2v) is 1.61. The van der Waals surface area contributed by atoms with E-state index in [9.17, 15) is 5.26 Å². The molecule has 0 saturated heterocycles. The van der Waals surface area contributed by atoms with Crippen molar-refractivity contribution in [1.29, 1.82) is 0 Å². The van der Waals surface area contributed by atoms with Crippen LogP contribution < -0.4 is 0 Å². The zero-order chi connectivity index (χ0) is 6.24. The van der Waals surface area contributed by atoms with Crippen LogP contribution in [0, 0.1) is 0 Å². The van der Waals surface area contributed by atoms with Crippen LogP contribution in [0.1, 0.15) is 19.3 Å². The van der Waals surface area contributed by atoms with Crippen molar-refractivity contribution in [2.45, 2.75) is 19.3 Å². The summed E-state index contributed by atoms with van der Waals surface area (Å²) < 4.78 is 0. The van der Waals surface area contributed by atoms with Crippen molar-refractivity contribution in [2.24, 2.45) is 0 Å². The summed E-state index contributed by atoms with van der Waals surface area (Å²) in [6.45, 7) is 0.471. The molecule has 0 fully saturated rings. The Balaban J connectivity index is 2.53. The lowest BCUT2D eigenvalue weighted by Gasteiger charge is -1.92. The highest BCUT2D eigenvalue weighted by molar-refractivity contribution is 4.36. The molecule has 0 aliphatic heterocycles. The second-order valence-electron chi connectivity index (χ2n) is 1.61. The summed E-state index contributed by atoms with van der Waals surface area (Å²) in [5.74, 6) is 0. The van der Waals surface area contributed by atoms with Gasteiger partial charge in [-0.2, -0.15) is 0 Å².